The molecule has 0 aliphatic carbocycles. The molecule has 0 saturated heterocycles. The van der Waals surface area contributed by atoms with Crippen LogP contribution in [0.25, 0.3) is 0 Å². The number of aliphatic hydroxyl groups excluding tert-OH is 1. The summed E-state index contributed by atoms with van der Waals surface area (Å²) in [5, 5.41) is 8.65. The molecule has 1 rings (SSSR count). The van der Waals surface area contributed by atoms with Crippen LogP contribution in [-0.2, 0) is 0 Å². The molecule has 1 unspecified atom stereocenters. The molecular formula is C8H13NO. The topological polar surface area (TPSA) is 23.5 Å². The van der Waals surface area contributed by atoms with Gasteiger partial charge in [-0.1, -0.05) is 12.2 Å². The Balaban J connectivity index is 2.44. The lowest BCUT2D eigenvalue weighted by molar-refractivity contribution is 0.244. The molecule has 10 heavy (non-hydrogen) atoms. The maximum Gasteiger partial charge on any atom is 0.0489 e. The number of allylic oxidation sites excluding steroid dienone is 2. The number of aliphatic hydroxyl groups is 1. The third kappa shape index (κ3) is 1.61. The minimum atomic E-state index is 0.257. The Morgan fingerprint density at radius 1 is 1.50 bits per heavy atom. The molecule has 0 radical (unpaired) electrons. The van der Waals surface area contributed by atoms with Crippen molar-refractivity contribution in [2.75, 3.05) is 13.7 Å². The van der Waals surface area contributed by atoms with Crippen molar-refractivity contribution in [3.8, 4) is 0 Å². The maximum atomic E-state index is 8.65. The van der Waals surface area contributed by atoms with Gasteiger partial charge in [-0.25, -0.2) is 0 Å². The lowest BCUT2D eigenvalue weighted by Crippen LogP contribution is -2.27. The van der Waals surface area contributed by atoms with Crippen LogP contribution in [0.2, 0.25) is 0 Å². The van der Waals surface area contributed by atoms with Crippen molar-refractivity contribution in [3.05, 3.63) is 24.4 Å². The fourth-order valence-corrected chi connectivity index (χ4v) is 1.06. The first-order valence-corrected chi connectivity index (χ1v) is 3.52. The van der Waals surface area contributed by atoms with E-state index < -0.39 is 0 Å². The van der Waals surface area contributed by atoms with Gasteiger partial charge in [-0.2, -0.15) is 0 Å². The van der Waals surface area contributed by atoms with Crippen LogP contribution >= 0.6 is 0 Å². The van der Waals surface area contributed by atoms with Crippen molar-refractivity contribution >= 4 is 0 Å². The van der Waals surface area contributed by atoms with Gasteiger partial charge in [0.2, 0.25) is 0 Å². The van der Waals surface area contributed by atoms with Gasteiger partial charge < -0.3 is 10.0 Å². The van der Waals surface area contributed by atoms with Gasteiger partial charge in [0.15, 0.2) is 0 Å². The van der Waals surface area contributed by atoms with Gasteiger partial charge in [-0.3, -0.25) is 0 Å². The van der Waals surface area contributed by atoms with Crippen LogP contribution in [0.15, 0.2) is 24.4 Å². The predicted molar refractivity (Wildman–Crippen MR) is 41.5 cm³/mol. The molecule has 1 aliphatic heterocycles. The van der Waals surface area contributed by atoms with Crippen molar-refractivity contribution in [1.82, 2.24) is 4.90 Å². The molecule has 1 atom stereocenters. The van der Waals surface area contributed by atoms with Crippen LogP contribution in [0.4, 0.5) is 0 Å². The van der Waals surface area contributed by atoms with E-state index in [1.807, 2.05) is 25.4 Å². The van der Waals surface area contributed by atoms with Crippen molar-refractivity contribution in [2.24, 2.45) is 0 Å². The molecule has 56 valence electrons. The second-order valence-corrected chi connectivity index (χ2v) is 2.47. The summed E-state index contributed by atoms with van der Waals surface area (Å²) in [5.74, 6) is 0. The van der Waals surface area contributed by atoms with Gasteiger partial charge in [-0.05, 0) is 18.7 Å². The molecule has 1 N–H and O–H groups in total. The zero-order chi connectivity index (χ0) is 7.40. The summed E-state index contributed by atoms with van der Waals surface area (Å²) in [6.07, 6.45) is 8.93. The average molecular weight is 139 g/mol. The van der Waals surface area contributed by atoms with E-state index in [2.05, 4.69) is 11.0 Å². The number of hydrogen-bond acceptors (Lipinski definition) is 2. The lowest BCUT2D eigenvalue weighted by atomic mass is 10.1. The highest BCUT2D eigenvalue weighted by Gasteiger charge is 2.07. The van der Waals surface area contributed by atoms with Crippen LogP contribution < -0.4 is 0 Å². The van der Waals surface area contributed by atoms with Crippen LogP contribution in [0.3, 0.4) is 0 Å². The smallest absolute Gasteiger partial charge is 0.0489 e. The zero-order valence-electron chi connectivity index (χ0n) is 6.20. The highest BCUT2D eigenvalue weighted by atomic mass is 16.3. The number of hydrogen-bond donors (Lipinski definition) is 1. The van der Waals surface area contributed by atoms with Crippen molar-refractivity contribution in [2.45, 2.75) is 12.5 Å². The number of rotatable bonds is 2. The molecule has 0 fully saturated rings. The van der Waals surface area contributed by atoms with E-state index in [1.54, 1.807) is 0 Å². The Hall–Kier alpha value is -0.760. The fourth-order valence-electron chi connectivity index (χ4n) is 1.06. The molecule has 0 aromatic heterocycles. The van der Waals surface area contributed by atoms with Crippen LogP contribution in [0.5, 0.6) is 0 Å². The summed E-state index contributed by atoms with van der Waals surface area (Å²) in [5.41, 5.74) is 0. The van der Waals surface area contributed by atoms with E-state index in [1.165, 1.54) is 0 Å². The average Bonchev–Trinajstić information content (AvgIpc) is 1.94. The summed E-state index contributed by atoms with van der Waals surface area (Å²) in [4.78, 5) is 2.09. The van der Waals surface area contributed by atoms with E-state index in [9.17, 15) is 0 Å². The molecule has 0 bridgehead atoms. The first-order chi connectivity index (χ1) is 4.84. The van der Waals surface area contributed by atoms with Crippen molar-refractivity contribution in [3.63, 3.8) is 0 Å². The van der Waals surface area contributed by atoms with Gasteiger partial charge >= 0.3 is 0 Å². The van der Waals surface area contributed by atoms with E-state index in [0.29, 0.717) is 6.04 Å². The zero-order valence-corrected chi connectivity index (χ0v) is 6.20. The van der Waals surface area contributed by atoms with Crippen molar-refractivity contribution < 1.29 is 5.11 Å². The summed E-state index contributed by atoms with van der Waals surface area (Å²) >= 11 is 0. The van der Waals surface area contributed by atoms with Gasteiger partial charge in [0.05, 0.1) is 0 Å². The Labute approximate surface area is 61.5 Å². The molecular weight excluding hydrogens is 126 g/mol. The Morgan fingerprint density at radius 2 is 2.30 bits per heavy atom. The second-order valence-electron chi connectivity index (χ2n) is 2.47. The van der Waals surface area contributed by atoms with E-state index in [0.717, 1.165) is 6.42 Å². The van der Waals surface area contributed by atoms with Crippen LogP contribution in [-0.4, -0.2) is 29.7 Å². The Morgan fingerprint density at radius 3 is 2.90 bits per heavy atom. The second kappa shape index (κ2) is 3.42. The first-order valence-electron chi connectivity index (χ1n) is 3.52. The number of nitrogens with zero attached hydrogens (tertiary/aromatic N) is 1. The number of likely N-dealkylation sites (N-methyl/N-ethyl adjacent to an activating group) is 1. The highest BCUT2D eigenvalue weighted by Crippen LogP contribution is 2.07. The minimum Gasteiger partial charge on any atom is -0.396 e. The van der Waals surface area contributed by atoms with Crippen LogP contribution in [0, 0.1) is 0 Å². The third-order valence-electron chi connectivity index (χ3n) is 1.71. The van der Waals surface area contributed by atoms with Gasteiger partial charge in [0.1, 0.15) is 0 Å². The minimum absolute atomic E-state index is 0.257. The van der Waals surface area contributed by atoms with Gasteiger partial charge in [0.25, 0.3) is 0 Å². The summed E-state index contributed by atoms with van der Waals surface area (Å²) in [6.45, 7) is 0.257. The van der Waals surface area contributed by atoms with E-state index in [4.69, 9.17) is 5.11 Å². The molecule has 2 heteroatoms. The fraction of sp³-hybridized carbons (Fsp3) is 0.500. The monoisotopic (exact) mass is 139 g/mol. The quantitative estimate of drug-likeness (QED) is 0.610. The highest BCUT2D eigenvalue weighted by molar-refractivity contribution is 5.12. The lowest BCUT2D eigenvalue weighted by Gasteiger charge is -2.25. The molecule has 0 aromatic rings. The van der Waals surface area contributed by atoms with E-state index in [-0.39, 0.29) is 6.61 Å². The summed E-state index contributed by atoms with van der Waals surface area (Å²) in [6, 6.07) is 0.384. The van der Waals surface area contributed by atoms with Crippen molar-refractivity contribution in [1.29, 1.82) is 0 Å². The van der Waals surface area contributed by atoms with Crippen LogP contribution in [0.1, 0.15) is 6.42 Å². The standard InChI is InChI=1S/C8H13NO/c1-9-6-3-2-4-8(9)5-7-10/h2-4,6,8,10H,5,7H2,1H3. The summed E-state index contributed by atoms with van der Waals surface area (Å²) < 4.78 is 0. The molecule has 0 saturated carbocycles. The van der Waals surface area contributed by atoms with E-state index >= 15 is 0 Å². The largest absolute Gasteiger partial charge is 0.396 e. The maximum absolute atomic E-state index is 8.65. The normalized spacial score (nSPS) is 23.8. The predicted octanol–water partition coefficient (Wildman–Crippen LogP) is 0.753. The molecule has 1 heterocycles. The van der Waals surface area contributed by atoms with Gasteiger partial charge in [-0.15, -0.1) is 0 Å². The molecule has 1 aliphatic rings. The first kappa shape index (κ1) is 7.35. The molecule has 0 aromatic carbocycles. The van der Waals surface area contributed by atoms with Gasteiger partial charge in [0, 0.05) is 19.7 Å². The Kier molecular flexibility index (Phi) is 2.51. The molecule has 0 amide bonds. The molecule has 2 nitrogen and oxygen atoms in total. The Bertz CT molecular complexity index is 151. The molecule has 0 spiro atoms. The summed E-state index contributed by atoms with van der Waals surface area (Å²) in [7, 11) is 2.01. The third-order valence-corrected chi connectivity index (χ3v) is 1.71. The SMILES string of the molecule is CN1C=CC=CC1CCO.